The minimum atomic E-state index is -3.01. The minimum absolute atomic E-state index is 0.0114. The van der Waals surface area contributed by atoms with E-state index in [1.54, 1.807) is 6.92 Å². The fourth-order valence-electron chi connectivity index (χ4n) is 4.89. The normalized spacial score (nSPS) is 17.1. The number of benzene rings is 2. The zero-order chi connectivity index (χ0) is 25.2. The lowest BCUT2D eigenvalue weighted by molar-refractivity contribution is -0.139. The van der Waals surface area contributed by atoms with E-state index in [9.17, 15) is 23.2 Å². The summed E-state index contributed by atoms with van der Waals surface area (Å²) in [7, 11) is 0. The maximum absolute atomic E-state index is 13.6. The quantitative estimate of drug-likeness (QED) is 0.464. The van der Waals surface area contributed by atoms with E-state index < -0.39 is 42.4 Å². The second kappa shape index (κ2) is 10.0. The summed E-state index contributed by atoms with van der Waals surface area (Å²) < 4.78 is 32.6. The molecule has 0 aromatic heterocycles. The Hall–Kier alpha value is -3.49. The van der Waals surface area contributed by atoms with Gasteiger partial charge < -0.3 is 20.5 Å². The van der Waals surface area contributed by atoms with Gasteiger partial charge in [-0.1, -0.05) is 48.5 Å². The Morgan fingerprint density at radius 1 is 1.06 bits per heavy atom. The van der Waals surface area contributed by atoms with E-state index in [4.69, 9.17) is 9.84 Å². The summed E-state index contributed by atoms with van der Waals surface area (Å²) in [5.41, 5.74) is 3.05. The summed E-state index contributed by atoms with van der Waals surface area (Å²) in [5.74, 6) is -2.06. The molecule has 2 aliphatic rings. The minimum Gasteiger partial charge on any atom is -0.481 e. The molecule has 2 aromatic rings. The van der Waals surface area contributed by atoms with Gasteiger partial charge in [0.1, 0.15) is 12.6 Å². The van der Waals surface area contributed by atoms with E-state index >= 15 is 0 Å². The second-order valence-corrected chi connectivity index (χ2v) is 9.43. The number of aliphatic carboxylic acids is 1. The van der Waals surface area contributed by atoms with Gasteiger partial charge in [-0.2, -0.15) is 0 Å². The molecule has 2 atom stereocenters. The van der Waals surface area contributed by atoms with Gasteiger partial charge in [-0.3, -0.25) is 9.59 Å². The predicted molar refractivity (Wildman–Crippen MR) is 124 cm³/mol. The van der Waals surface area contributed by atoms with Crippen molar-refractivity contribution in [3.8, 4) is 11.1 Å². The number of carbonyl (C=O) groups excluding carboxylic acids is 2. The third-order valence-corrected chi connectivity index (χ3v) is 6.78. The molecule has 0 bridgehead atoms. The van der Waals surface area contributed by atoms with Crippen molar-refractivity contribution in [3.05, 3.63) is 59.7 Å². The fraction of sp³-hybridized carbons (Fsp3) is 0.423. The first-order chi connectivity index (χ1) is 16.7. The maximum atomic E-state index is 13.6. The summed E-state index contributed by atoms with van der Waals surface area (Å²) in [5, 5.41) is 13.9. The third-order valence-electron chi connectivity index (χ3n) is 6.78. The van der Waals surface area contributed by atoms with Crippen molar-refractivity contribution in [2.75, 3.05) is 6.61 Å². The molecule has 3 N–H and O–H groups in total. The number of ether oxygens (including phenoxy) is 1. The van der Waals surface area contributed by atoms with Crippen molar-refractivity contribution in [3.63, 3.8) is 0 Å². The summed E-state index contributed by atoms with van der Waals surface area (Å²) in [4.78, 5) is 36.1. The van der Waals surface area contributed by atoms with Gasteiger partial charge in [0.2, 0.25) is 5.91 Å². The van der Waals surface area contributed by atoms with Crippen LogP contribution in [0.2, 0.25) is 0 Å². The third kappa shape index (κ3) is 5.61. The molecule has 2 unspecified atom stereocenters. The Morgan fingerprint density at radius 2 is 1.63 bits per heavy atom. The number of carbonyl (C=O) groups is 3. The molecule has 0 spiro atoms. The molecule has 0 radical (unpaired) electrons. The van der Waals surface area contributed by atoms with Gasteiger partial charge in [-0.25, -0.2) is 13.6 Å². The van der Waals surface area contributed by atoms with E-state index in [1.165, 1.54) is 0 Å². The standard InChI is InChI=1S/C26H28F2N2O5/c1-26(13-23(32)33,15-10-11-15)30-22(31)12-21(24(27)28)29-25(34)35-14-20-18-8-4-2-6-16(18)17-7-3-5-9-19(17)20/h2-9,15,20-21,24H,10-14H2,1H3,(H,29,34)(H,30,31)(H,32,33). The number of alkyl carbamates (subject to hydrolysis) is 1. The Kier molecular flexibility index (Phi) is 7.05. The number of alkyl halides is 2. The van der Waals surface area contributed by atoms with Crippen LogP contribution in [0.4, 0.5) is 13.6 Å². The number of halogens is 2. The molecule has 9 heteroatoms. The zero-order valence-electron chi connectivity index (χ0n) is 19.3. The van der Waals surface area contributed by atoms with Crippen LogP contribution in [0, 0.1) is 5.92 Å². The average Bonchev–Trinajstić information content (AvgIpc) is 3.61. The van der Waals surface area contributed by atoms with Crippen LogP contribution >= 0.6 is 0 Å². The smallest absolute Gasteiger partial charge is 0.407 e. The highest BCUT2D eigenvalue weighted by Gasteiger charge is 2.44. The maximum Gasteiger partial charge on any atom is 0.407 e. The van der Waals surface area contributed by atoms with E-state index in [0.717, 1.165) is 35.1 Å². The SMILES string of the molecule is CC(CC(=O)O)(NC(=O)CC(NC(=O)OCC1c2ccccc2-c2ccccc21)C(F)F)C1CC1. The molecular formula is C26H28F2N2O5. The molecule has 2 aromatic carbocycles. The molecule has 35 heavy (non-hydrogen) atoms. The molecule has 0 aliphatic heterocycles. The van der Waals surface area contributed by atoms with Gasteiger partial charge in [-0.15, -0.1) is 0 Å². The lowest BCUT2D eigenvalue weighted by Crippen LogP contribution is -2.52. The van der Waals surface area contributed by atoms with E-state index in [1.807, 2.05) is 48.5 Å². The average molecular weight is 487 g/mol. The van der Waals surface area contributed by atoms with Crippen molar-refractivity contribution < 1.29 is 33.0 Å². The van der Waals surface area contributed by atoms with Crippen LogP contribution < -0.4 is 10.6 Å². The van der Waals surface area contributed by atoms with Gasteiger partial charge in [0.15, 0.2) is 0 Å². The monoisotopic (exact) mass is 486 g/mol. The molecule has 0 saturated heterocycles. The van der Waals surface area contributed by atoms with E-state index in [0.29, 0.717) is 0 Å². The molecule has 2 amide bonds. The molecule has 4 rings (SSSR count). The number of hydrogen-bond donors (Lipinski definition) is 3. The van der Waals surface area contributed by atoms with Crippen LogP contribution in [0.5, 0.6) is 0 Å². The highest BCUT2D eigenvalue weighted by Crippen LogP contribution is 2.44. The van der Waals surface area contributed by atoms with Crippen molar-refractivity contribution in [1.29, 1.82) is 0 Å². The lowest BCUT2D eigenvalue weighted by atomic mass is 9.91. The Balaban J connectivity index is 1.36. The van der Waals surface area contributed by atoms with Crippen LogP contribution in [0.3, 0.4) is 0 Å². The van der Waals surface area contributed by atoms with Crippen molar-refractivity contribution in [1.82, 2.24) is 10.6 Å². The summed E-state index contributed by atoms with van der Waals surface area (Å²) >= 11 is 0. The predicted octanol–water partition coefficient (Wildman–Crippen LogP) is 4.31. The van der Waals surface area contributed by atoms with Crippen LogP contribution in [0.15, 0.2) is 48.5 Å². The number of rotatable bonds is 10. The second-order valence-electron chi connectivity index (χ2n) is 9.43. The number of nitrogens with one attached hydrogen (secondary N) is 2. The number of carboxylic acid groups (broad SMARTS) is 1. The first-order valence-corrected chi connectivity index (χ1v) is 11.6. The van der Waals surface area contributed by atoms with Crippen molar-refractivity contribution >= 4 is 18.0 Å². The number of hydrogen-bond acceptors (Lipinski definition) is 4. The van der Waals surface area contributed by atoms with Crippen LogP contribution in [-0.2, 0) is 14.3 Å². The highest BCUT2D eigenvalue weighted by atomic mass is 19.3. The summed E-state index contributed by atoms with van der Waals surface area (Å²) in [6.07, 6.45) is -3.51. The highest BCUT2D eigenvalue weighted by molar-refractivity contribution is 5.80. The Morgan fingerprint density at radius 3 is 2.14 bits per heavy atom. The lowest BCUT2D eigenvalue weighted by Gasteiger charge is -2.30. The number of carboxylic acids is 1. The Labute approximate surface area is 201 Å². The molecule has 186 valence electrons. The van der Waals surface area contributed by atoms with Crippen LogP contribution in [0.25, 0.3) is 11.1 Å². The molecule has 0 heterocycles. The van der Waals surface area contributed by atoms with E-state index in [-0.39, 0.29) is 24.9 Å². The zero-order valence-corrected chi connectivity index (χ0v) is 19.3. The number of fused-ring (bicyclic) bond motifs is 3. The van der Waals surface area contributed by atoms with Gasteiger partial charge in [0, 0.05) is 5.92 Å². The molecular weight excluding hydrogens is 458 g/mol. The van der Waals surface area contributed by atoms with Crippen molar-refractivity contribution in [2.45, 2.75) is 56.5 Å². The topological polar surface area (TPSA) is 105 Å². The van der Waals surface area contributed by atoms with Gasteiger partial charge in [0.25, 0.3) is 6.43 Å². The molecule has 1 saturated carbocycles. The van der Waals surface area contributed by atoms with Gasteiger partial charge >= 0.3 is 12.1 Å². The first kappa shape index (κ1) is 24.6. The van der Waals surface area contributed by atoms with Gasteiger partial charge in [0.05, 0.1) is 18.4 Å². The van der Waals surface area contributed by atoms with Crippen molar-refractivity contribution in [2.24, 2.45) is 5.92 Å². The molecule has 7 nitrogen and oxygen atoms in total. The Bertz CT molecular complexity index is 1070. The summed E-state index contributed by atoms with van der Waals surface area (Å²) in [6.45, 7) is 1.56. The van der Waals surface area contributed by atoms with Gasteiger partial charge in [-0.05, 0) is 47.9 Å². The summed E-state index contributed by atoms with van der Waals surface area (Å²) in [6, 6.07) is 13.7. The van der Waals surface area contributed by atoms with E-state index in [2.05, 4.69) is 10.6 Å². The number of amides is 2. The van der Waals surface area contributed by atoms with Crippen LogP contribution in [-0.4, -0.2) is 47.7 Å². The fourth-order valence-corrected chi connectivity index (χ4v) is 4.89. The molecule has 2 aliphatic carbocycles. The molecule has 1 fully saturated rings. The van der Waals surface area contributed by atoms with Crippen LogP contribution in [0.1, 0.15) is 49.7 Å². The largest absolute Gasteiger partial charge is 0.481 e. The first-order valence-electron chi connectivity index (χ1n) is 11.6.